The molecule has 0 amide bonds. The smallest absolute Gasteiger partial charge is 0.0926 e. The van der Waals surface area contributed by atoms with Gasteiger partial charge in [0.2, 0.25) is 0 Å². The minimum Gasteiger partial charge on any atom is -0.325 e. The van der Waals surface area contributed by atoms with Crippen LogP contribution in [0.15, 0.2) is 36.4 Å². The molecule has 0 aliphatic carbocycles. The van der Waals surface area contributed by atoms with Gasteiger partial charge in [0.25, 0.3) is 0 Å². The van der Waals surface area contributed by atoms with Gasteiger partial charge in [0.15, 0.2) is 0 Å². The van der Waals surface area contributed by atoms with E-state index in [0.29, 0.717) is 6.54 Å². The van der Waals surface area contributed by atoms with E-state index in [4.69, 9.17) is 5.73 Å². The Balaban J connectivity index is 2.42. The second kappa shape index (κ2) is 4.28. The van der Waals surface area contributed by atoms with Crippen molar-refractivity contribution in [3.63, 3.8) is 0 Å². The lowest BCUT2D eigenvalue weighted by atomic mass is 10.1. The van der Waals surface area contributed by atoms with Crippen LogP contribution in [-0.2, 0) is 13.1 Å². The van der Waals surface area contributed by atoms with Gasteiger partial charge in [-0.25, -0.2) is 0 Å². The molecule has 2 N–H and O–H groups in total. The largest absolute Gasteiger partial charge is 0.325 e. The van der Waals surface area contributed by atoms with Crippen LogP contribution in [0, 0.1) is 0 Å². The highest BCUT2D eigenvalue weighted by atomic mass is 15.3. The van der Waals surface area contributed by atoms with Crippen LogP contribution < -0.4 is 5.73 Å². The van der Waals surface area contributed by atoms with Crippen LogP contribution in [0.3, 0.4) is 0 Å². The second-order valence-corrected chi connectivity index (χ2v) is 3.41. The Labute approximate surface area is 89.5 Å². The predicted octanol–water partition coefficient (Wildman–Crippen LogP) is 2.03. The van der Waals surface area contributed by atoms with Crippen LogP contribution in [0.4, 0.5) is 0 Å². The number of aromatic nitrogens is 2. The van der Waals surface area contributed by atoms with Gasteiger partial charge in [-0.1, -0.05) is 30.3 Å². The highest BCUT2D eigenvalue weighted by Gasteiger charge is 2.06. The van der Waals surface area contributed by atoms with E-state index in [1.807, 2.05) is 22.9 Å². The molecule has 2 rings (SSSR count). The van der Waals surface area contributed by atoms with Crippen molar-refractivity contribution in [3.05, 3.63) is 42.1 Å². The van der Waals surface area contributed by atoms with Gasteiger partial charge in [-0.05, 0) is 13.0 Å². The standard InChI is InChI=1S/C12H15N3/c1-2-15-11(9-13)8-12(14-15)10-6-4-3-5-7-10/h3-8H,2,9,13H2,1H3. The van der Waals surface area contributed by atoms with Gasteiger partial charge in [0.05, 0.1) is 11.4 Å². The first-order chi connectivity index (χ1) is 7.35. The number of aryl methyl sites for hydroxylation is 1. The number of rotatable bonds is 3. The summed E-state index contributed by atoms with van der Waals surface area (Å²) in [5, 5.41) is 4.51. The molecule has 2 aromatic rings. The van der Waals surface area contributed by atoms with E-state index in [-0.39, 0.29) is 0 Å². The number of nitrogens with two attached hydrogens (primary N) is 1. The van der Waals surface area contributed by atoms with Crippen molar-refractivity contribution >= 4 is 0 Å². The summed E-state index contributed by atoms with van der Waals surface area (Å²) in [5.41, 5.74) is 8.87. The lowest BCUT2D eigenvalue weighted by molar-refractivity contribution is 0.624. The molecule has 0 aliphatic heterocycles. The molecule has 3 nitrogen and oxygen atoms in total. The molecule has 0 radical (unpaired) electrons. The zero-order valence-electron chi connectivity index (χ0n) is 8.85. The fourth-order valence-corrected chi connectivity index (χ4v) is 1.64. The number of benzene rings is 1. The molecular weight excluding hydrogens is 186 g/mol. The van der Waals surface area contributed by atoms with Crippen LogP contribution in [0.2, 0.25) is 0 Å². The van der Waals surface area contributed by atoms with Crippen molar-refractivity contribution in [2.24, 2.45) is 5.73 Å². The molecule has 0 atom stereocenters. The Hall–Kier alpha value is -1.61. The summed E-state index contributed by atoms with van der Waals surface area (Å²) in [6.07, 6.45) is 0. The fourth-order valence-electron chi connectivity index (χ4n) is 1.64. The van der Waals surface area contributed by atoms with Crippen LogP contribution in [0.25, 0.3) is 11.3 Å². The quantitative estimate of drug-likeness (QED) is 0.825. The van der Waals surface area contributed by atoms with Crippen LogP contribution in [-0.4, -0.2) is 9.78 Å². The lowest BCUT2D eigenvalue weighted by Gasteiger charge is -1.99. The SMILES string of the molecule is CCn1nc(-c2ccccc2)cc1CN. The summed E-state index contributed by atoms with van der Waals surface area (Å²) in [6, 6.07) is 12.2. The highest BCUT2D eigenvalue weighted by molar-refractivity contribution is 5.59. The van der Waals surface area contributed by atoms with Crippen LogP contribution >= 0.6 is 0 Å². The molecule has 0 saturated heterocycles. The maximum Gasteiger partial charge on any atom is 0.0926 e. The normalized spacial score (nSPS) is 10.5. The van der Waals surface area contributed by atoms with Gasteiger partial charge in [-0.15, -0.1) is 0 Å². The topological polar surface area (TPSA) is 43.8 Å². The Morgan fingerprint density at radius 2 is 2.00 bits per heavy atom. The third-order valence-corrected chi connectivity index (χ3v) is 2.44. The molecule has 0 bridgehead atoms. The zero-order chi connectivity index (χ0) is 10.7. The molecule has 0 fully saturated rings. The summed E-state index contributed by atoms with van der Waals surface area (Å²) >= 11 is 0. The molecule has 3 heteroatoms. The van der Waals surface area contributed by atoms with Crippen molar-refractivity contribution in [1.29, 1.82) is 0 Å². The van der Waals surface area contributed by atoms with E-state index in [1.54, 1.807) is 0 Å². The zero-order valence-corrected chi connectivity index (χ0v) is 8.85. The average molecular weight is 201 g/mol. The molecule has 15 heavy (non-hydrogen) atoms. The van der Waals surface area contributed by atoms with E-state index in [9.17, 15) is 0 Å². The van der Waals surface area contributed by atoms with Crippen molar-refractivity contribution < 1.29 is 0 Å². The third-order valence-electron chi connectivity index (χ3n) is 2.44. The van der Waals surface area contributed by atoms with Crippen molar-refractivity contribution in [3.8, 4) is 11.3 Å². The first kappa shape index (κ1) is 9.93. The Morgan fingerprint density at radius 3 is 2.53 bits per heavy atom. The maximum absolute atomic E-state index is 5.66. The van der Waals surface area contributed by atoms with E-state index < -0.39 is 0 Å². The molecule has 0 spiro atoms. The van der Waals surface area contributed by atoms with Crippen molar-refractivity contribution in [2.45, 2.75) is 20.0 Å². The Morgan fingerprint density at radius 1 is 1.27 bits per heavy atom. The van der Waals surface area contributed by atoms with Gasteiger partial charge >= 0.3 is 0 Å². The lowest BCUT2D eigenvalue weighted by Crippen LogP contribution is -2.06. The maximum atomic E-state index is 5.66. The van der Waals surface area contributed by atoms with Gasteiger partial charge < -0.3 is 5.73 Å². The molecule has 1 aromatic heterocycles. The van der Waals surface area contributed by atoms with Gasteiger partial charge in [-0.3, -0.25) is 4.68 Å². The first-order valence-electron chi connectivity index (χ1n) is 5.17. The van der Waals surface area contributed by atoms with Gasteiger partial charge in [0, 0.05) is 18.7 Å². The second-order valence-electron chi connectivity index (χ2n) is 3.41. The van der Waals surface area contributed by atoms with E-state index >= 15 is 0 Å². The molecule has 78 valence electrons. The average Bonchev–Trinajstić information content (AvgIpc) is 2.73. The van der Waals surface area contributed by atoms with Gasteiger partial charge in [0.1, 0.15) is 0 Å². The minimum absolute atomic E-state index is 0.535. The number of hydrogen-bond acceptors (Lipinski definition) is 2. The minimum atomic E-state index is 0.535. The van der Waals surface area contributed by atoms with E-state index in [0.717, 1.165) is 23.5 Å². The summed E-state index contributed by atoms with van der Waals surface area (Å²) < 4.78 is 1.95. The molecule has 0 unspecified atom stereocenters. The number of nitrogens with zero attached hydrogens (tertiary/aromatic N) is 2. The van der Waals surface area contributed by atoms with Crippen molar-refractivity contribution in [2.75, 3.05) is 0 Å². The van der Waals surface area contributed by atoms with E-state index in [2.05, 4.69) is 30.2 Å². The van der Waals surface area contributed by atoms with Crippen molar-refractivity contribution in [1.82, 2.24) is 9.78 Å². The first-order valence-corrected chi connectivity index (χ1v) is 5.17. The fraction of sp³-hybridized carbons (Fsp3) is 0.250. The van der Waals surface area contributed by atoms with E-state index in [1.165, 1.54) is 0 Å². The van der Waals surface area contributed by atoms with Crippen LogP contribution in [0.5, 0.6) is 0 Å². The molecule has 0 saturated carbocycles. The summed E-state index contributed by atoms with van der Waals surface area (Å²) in [4.78, 5) is 0. The Kier molecular flexibility index (Phi) is 2.83. The number of hydrogen-bond donors (Lipinski definition) is 1. The van der Waals surface area contributed by atoms with Gasteiger partial charge in [-0.2, -0.15) is 5.10 Å². The molecule has 0 aliphatic rings. The summed E-state index contributed by atoms with van der Waals surface area (Å²) in [5.74, 6) is 0. The van der Waals surface area contributed by atoms with Crippen LogP contribution in [0.1, 0.15) is 12.6 Å². The predicted molar refractivity (Wildman–Crippen MR) is 61.2 cm³/mol. The molecule has 1 aromatic carbocycles. The third kappa shape index (κ3) is 1.92. The molecular formula is C12H15N3. The monoisotopic (exact) mass is 201 g/mol. The summed E-state index contributed by atoms with van der Waals surface area (Å²) in [6.45, 7) is 3.47. The summed E-state index contributed by atoms with van der Waals surface area (Å²) in [7, 11) is 0. The Bertz CT molecular complexity index is 410. The molecule has 1 heterocycles. The highest BCUT2D eigenvalue weighted by Crippen LogP contribution is 2.18.